The van der Waals surface area contributed by atoms with Crippen molar-refractivity contribution in [3.63, 3.8) is 0 Å². The van der Waals surface area contributed by atoms with Crippen molar-refractivity contribution in [1.29, 1.82) is 0 Å². The zero-order chi connectivity index (χ0) is 14.7. The fourth-order valence-electron chi connectivity index (χ4n) is 2.61. The summed E-state index contributed by atoms with van der Waals surface area (Å²) >= 11 is 3.46. The van der Waals surface area contributed by atoms with Crippen molar-refractivity contribution >= 4 is 15.9 Å². The van der Waals surface area contributed by atoms with Gasteiger partial charge in [0.15, 0.2) is 0 Å². The third kappa shape index (κ3) is 3.44. The summed E-state index contributed by atoms with van der Waals surface area (Å²) in [7, 11) is 1.64. The highest BCUT2D eigenvalue weighted by atomic mass is 79.9. The number of nitrogens with one attached hydrogen (secondary N) is 1. The molecule has 2 aromatic rings. The quantitative estimate of drug-likeness (QED) is 0.892. The SMILES string of the molecule is COc1ccc(-c2noc(CNC3CCCC3)n2)cc1Br. The topological polar surface area (TPSA) is 60.2 Å². The van der Waals surface area contributed by atoms with E-state index in [1.165, 1.54) is 25.7 Å². The van der Waals surface area contributed by atoms with Gasteiger partial charge in [0, 0.05) is 11.6 Å². The van der Waals surface area contributed by atoms with E-state index in [-0.39, 0.29) is 0 Å². The fraction of sp³-hybridized carbons (Fsp3) is 0.467. The molecule has 1 N–H and O–H groups in total. The van der Waals surface area contributed by atoms with Crippen LogP contribution in [0, 0.1) is 0 Å². The molecule has 0 saturated heterocycles. The van der Waals surface area contributed by atoms with Crippen LogP contribution < -0.4 is 10.1 Å². The summed E-state index contributed by atoms with van der Waals surface area (Å²) in [6.07, 6.45) is 5.11. The largest absolute Gasteiger partial charge is 0.496 e. The molecule has 0 radical (unpaired) electrons. The average Bonchev–Trinajstić information content (AvgIpc) is 3.16. The molecule has 1 aliphatic carbocycles. The van der Waals surface area contributed by atoms with Gasteiger partial charge in [-0.2, -0.15) is 4.98 Å². The summed E-state index contributed by atoms with van der Waals surface area (Å²) in [5.41, 5.74) is 0.901. The third-order valence-electron chi connectivity index (χ3n) is 3.78. The Hall–Kier alpha value is -1.40. The van der Waals surface area contributed by atoms with Crippen LogP contribution in [0.2, 0.25) is 0 Å². The lowest BCUT2D eigenvalue weighted by Gasteiger charge is -2.08. The summed E-state index contributed by atoms with van der Waals surface area (Å²) in [4.78, 5) is 4.44. The van der Waals surface area contributed by atoms with Crippen LogP contribution in [0.25, 0.3) is 11.4 Å². The van der Waals surface area contributed by atoms with E-state index < -0.39 is 0 Å². The van der Waals surface area contributed by atoms with Crippen LogP contribution >= 0.6 is 15.9 Å². The summed E-state index contributed by atoms with van der Waals surface area (Å²) in [5, 5.41) is 7.51. The lowest BCUT2D eigenvalue weighted by molar-refractivity contribution is 0.357. The zero-order valence-corrected chi connectivity index (χ0v) is 13.5. The van der Waals surface area contributed by atoms with Gasteiger partial charge in [0.25, 0.3) is 0 Å². The zero-order valence-electron chi connectivity index (χ0n) is 11.9. The van der Waals surface area contributed by atoms with Crippen LogP contribution in [0.5, 0.6) is 5.75 Å². The van der Waals surface area contributed by atoms with Gasteiger partial charge in [0.05, 0.1) is 18.1 Å². The van der Waals surface area contributed by atoms with Crippen LogP contribution in [0.4, 0.5) is 0 Å². The number of hydrogen-bond donors (Lipinski definition) is 1. The molecule has 1 aliphatic rings. The molecule has 112 valence electrons. The van der Waals surface area contributed by atoms with E-state index >= 15 is 0 Å². The average molecular weight is 352 g/mol. The first-order valence-corrected chi connectivity index (χ1v) is 7.95. The number of nitrogens with zero attached hydrogens (tertiary/aromatic N) is 2. The van der Waals surface area contributed by atoms with E-state index in [0.29, 0.717) is 24.3 Å². The molecule has 0 bridgehead atoms. The minimum absolute atomic E-state index is 0.593. The van der Waals surface area contributed by atoms with E-state index in [1.807, 2.05) is 18.2 Å². The number of rotatable bonds is 5. The Balaban J connectivity index is 1.67. The lowest BCUT2D eigenvalue weighted by atomic mass is 10.2. The molecule has 21 heavy (non-hydrogen) atoms. The minimum Gasteiger partial charge on any atom is -0.496 e. The molecule has 0 spiro atoms. The molecular weight excluding hydrogens is 334 g/mol. The molecule has 3 rings (SSSR count). The van der Waals surface area contributed by atoms with E-state index in [0.717, 1.165) is 15.8 Å². The highest BCUT2D eigenvalue weighted by Crippen LogP contribution is 2.29. The monoisotopic (exact) mass is 351 g/mol. The molecule has 1 aromatic heterocycles. The predicted octanol–water partition coefficient (Wildman–Crippen LogP) is 3.54. The second-order valence-corrected chi connectivity index (χ2v) is 6.08. The van der Waals surface area contributed by atoms with Gasteiger partial charge in [-0.05, 0) is 47.0 Å². The number of benzene rings is 1. The molecule has 1 saturated carbocycles. The molecule has 0 amide bonds. The van der Waals surface area contributed by atoms with E-state index in [9.17, 15) is 0 Å². The molecule has 0 aliphatic heterocycles. The minimum atomic E-state index is 0.593. The van der Waals surface area contributed by atoms with Gasteiger partial charge in [-0.15, -0.1) is 0 Å². The van der Waals surface area contributed by atoms with E-state index in [4.69, 9.17) is 9.26 Å². The predicted molar refractivity (Wildman–Crippen MR) is 83.1 cm³/mol. The van der Waals surface area contributed by atoms with Crippen LogP contribution in [0.1, 0.15) is 31.6 Å². The molecule has 6 heteroatoms. The Bertz CT molecular complexity index is 609. The van der Waals surface area contributed by atoms with Crippen LogP contribution in [-0.2, 0) is 6.54 Å². The summed E-state index contributed by atoms with van der Waals surface area (Å²) in [5.74, 6) is 2.01. The Morgan fingerprint density at radius 1 is 1.38 bits per heavy atom. The first kappa shape index (κ1) is 14.5. The normalized spacial score (nSPS) is 15.5. The van der Waals surface area contributed by atoms with E-state index in [2.05, 4.69) is 31.4 Å². The summed E-state index contributed by atoms with van der Waals surface area (Å²) in [6.45, 7) is 0.634. The Kier molecular flexibility index (Phi) is 4.55. The number of methoxy groups -OCH3 is 1. The second kappa shape index (κ2) is 6.58. The van der Waals surface area contributed by atoms with Crippen molar-refractivity contribution in [2.75, 3.05) is 7.11 Å². The maximum atomic E-state index is 5.31. The highest BCUT2D eigenvalue weighted by molar-refractivity contribution is 9.10. The molecule has 1 fully saturated rings. The van der Waals surface area contributed by atoms with E-state index in [1.54, 1.807) is 7.11 Å². The fourth-order valence-corrected chi connectivity index (χ4v) is 3.15. The standard InChI is InChI=1S/C15H18BrN3O2/c1-20-13-7-6-10(8-12(13)16)15-18-14(21-19-15)9-17-11-4-2-3-5-11/h6-8,11,17H,2-5,9H2,1H3. The van der Waals surface area contributed by atoms with Crippen LogP contribution in [-0.4, -0.2) is 23.3 Å². The maximum absolute atomic E-state index is 5.31. The van der Waals surface area contributed by atoms with Crippen molar-refractivity contribution in [1.82, 2.24) is 15.5 Å². The third-order valence-corrected chi connectivity index (χ3v) is 4.39. The van der Waals surface area contributed by atoms with Crippen molar-refractivity contribution in [3.05, 3.63) is 28.6 Å². The number of ether oxygens (including phenoxy) is 1. The molecule has 1 aromatic carbocycles. The Morgan fingerprint density at radius 2 is 2.19 bits per heavy atom. The van der Waals surface area contributed by atoms with Gasteiger partial charge < -0.3 is 14.6 Å². The first-order valence-electron chi connectivity index (χ1n) is 7.16. The molecule has 5 nitrogen and oxygen atoms in total. The van der Waals surface area contributed by atoms with Crippen molar-refractivity contribution < 1.29 is 9.26 Å². The molecule has 0 atom stereocenters. The van der Waals surface area contributed by atoms with Crippen molar-refractivity contribution in [2.45, 2.75) is 38.3 Å². The number of aromatic nitrogens is 2. The van der Waals surface area contributed by atoms with Gasteiger partial charge in [-0.3, -0.25) is 0 Å². The number of hydrogen-bond acceptors (Lipinski definition) is 5. The van der Waals surface area contributed by atoms with Gasteiger partial charge in [0.2, 0.25) is 11.7 Å². The smallest absolute Gasteiger partial charge is 0.240 e. The number of halogens is 1. The maximum Gasteiger partial charge on any atom is 0.240 e. The lowest BCUT2D eigenvalue weighted by Crippen LogP contribution is -2.25. The second-order valence-electron chi connectivity index (χ2n) is 5.22. The molecule has 1 heterocycles. The van der Waals surface area contributed by atoms with Gasteiger partial charge in [-0.25, -0.2) is 0 Å². The first-order chi connectivity index (χ1) is 10.3. The van der Waals surface area contributed by atoms with Gasteiger partial charge in [-0.1, -0.05) is 18.0 Å². The Labute approximate surface area is 132 Å². The van der Waals surface area contributed by atoms with Gasteiger partial charge >= 0.3 is 0 Å². The van der Waals surface area contributed by atoms with Gasteiger partial charge in [0.1, 0.15) is 5.75 Å². The van der Waals surface area contributed by atoms with Crippen LogP contribution in [0.3, 0.4) is 0 Å². The van der Waals surface area contributed by atoms with Crippen molar-refractivity contribution in [3.8, 4) is 17.1 Å². The Morgan fingerprint density at radius 3 is 2.90 bits per heavy atom. The summed E-state index contributed by atoms with van der Waals surface area (Å²) < 4.78 is 11.4. The molecular formula is C15H18BrN3O2. The highest BCUT2D eigenvalue weighted by Gasteiger charge is 2.16. The summed E-state index contributed by atoms with van der Waals surface area (Å²) in [6, 6.07) is 6.32. The molecule has 0 unspecified atom stereocenters. The van der Waals surface area contributed by atoms with Crippen molar-refractivity contribution in [2.24, 2.45) is 0 Å². The van der Waals surface area contributed by atoms with Crippen LogP contribution in [0.15, 0.2) is 27.2 Å².